The van der Waals surface area contributed by atoms with Gasteiger partial charge in [-0.3, -0.25) is 28.3 Å². The molecule has 0 atom stereocenters. The summed E-state index contributed by atoms with van der Waals surface area (Å²) in [6, 6.07) is 11.8. The summed E-state index contributed by atoms with van der Waals surface area (Å²) in [5.74, 6) is -0.397. The van der Waals surface area contributed by atoms with Gasteiger partial charge in [0.25, 0.3) is 11.1 Å². The topological polar surface area (TPSA) is 172 Å². The van der Waals surface area contributed by atoms with Crippen molar-refractivity contribution in [2.45, 2.75) is 13.8 Å². The minimum atomic E-state index is -0.711. The van der Waals surface area contributed by atoms with E-state index in [-0.39, 0.29) is 45.7 Å². The molecule has 6 aromatic rings. The highest BCUT2D eigenvalue weighted by Gasteiger charge is 2.26. The van der Waals surface area contributed by atoms with E-state index in [0.29, 0.717) is 86.2 Å². The Hall–Kier alpha value is -7.50. The standard InChI is InChI=1S/C22H22FN5O3.C21H20FN5O3/c1-4-18(29)26-8-10-27(11-9-26)21-15-12-14(2)28(22(30)19(15)24-13-25-21)20-16(23)6-5-7-17(20)31-3;1-3-17(29)25-7-9-26(10-8-25)20-14-11-13(2)27(21(30)18(14)23-12-24-20)19-15(22)5-4-6-16(19)28/h4-7,12-13H,1,8-11H2,2-3H3;3-6,11-12,28H,1,7-10H2,2H3. The Bertz CT molecular complexity index is 2810. The smallest absolute Gasteiger partial charge is 0.282 e. The molecule has 0 saturated carbocycles. The normalized spacial score (nSPS) is 14.1. The number of anilines is 2. The number of carbonyl (C=O) groups is 2. The van der Waals surface area contributed by atoms with Crippen molar-refractivity contribution in [1.82, 2.24) is 38.9 Å². The number of aryl methyl sites for hydroxylation is 2. The van der Waals surface area contributed by atoms with E-state index in [2.05, 4.69) is 33.1 Å². The van der Waals surface area contributed by atoms with Gasteiger partial charge in [-0.05, 0) is 62.4 Å². The zero-order chi connectivity index (χ0) is 43.5. The van der Waals surface area contributed by atoms with Gasteiger partial charge in [0.1, 0.15) is 58.2 Å². The van der Waals surface area contributed by atoms with Gasteiger partial charge in [-0.1, -0.05) is 25.3 Å². The van der Waals surface area contributed by atoms with Crippen molar-refractivity contribution in [2.24, 2.45) is 0 Å². The molecule has 18 heteroatoms. The Kier molecular flexibility index (Phi) is 11.9. The fourth-order valence-electron chi connectivity index (χ4n) is 7.66. The number of amides is 2. The third-order valence-corrected chi connectivity index (χ3v) is 10.7. The third-order valence-electron chi connectivity index (χ3n) is 10.7. The number of nitrogens with zero attached hydrogens (tertiary/aromatic N) is 10. The number of halogens is 2. The Morgan fingerprint density at radius 3 is 1.52 bits per heavy atom. The second-order valence-electron chi connectivity index (χ2n) is 14.2. The Morgan fingerprint density at radius 2 is 1.10 bits per heavy atom. The van der Waals surface area contributed by atoms with E-state index >= 15 is 0 Å². The second-order valence-corrected chi connectivity index (χ2v) is 14.2. The molecule has 0 bridgehead atoms. The van der Waals surface area contributed by atoms with Crippen LogP contribution in [0.5, 0.6) is 11.5 Å². The first-order valence-corrected chi connectivity index (χ1v) is 19.3. The summed E-state index contributed by atoms with van der Waals surface area (Å²) in [4.78, 5) is 74.7. The minimum Gasteiger partial charge on any atom is -0.506 e. The number of ether oxygens (including phenoxy) is 1. The van der Waals surface area contributed by atoms with Crippen LogP contribution in [0.1, 0.15) is 11.4 Å². The molecule has 2 amide bonds. The maximum atomic E-state index is 14.7. The van der Waals surface area contributed by atoms with Gasteiger partial charge in [-0.15, -0.1) is 0 Å². The molecule has 314 valence electrons. The summed E-state index contributed by atoms with van der Waals surface area (Å²) in [5, 5.41) is 11.3. The number of methoxy groups -OCH3 is 1. The maximum Gasteiger partial charge on any atom is 0.282 e. The quantitative estimate of drug-likeness (QED) is 0.231. The number of aromatic hydroxyl groups is 1. The molecule has 2 saturated heterocycles. The Balaban J connectivity index is 0.000000184. The average molecular weight is 833 g/mol. The number of hydrogen-bond acceptors (Lipinski definition) is 12. The molecular formula is C43H42F2N10O6. The number of phenols is 1. The van der Waals surface area contributed by atoms with Gasteiger partial charge in [0, 0.05) is 63.7 Å². The van der Waals surface area contributed by atoms with E-state index in [9.17, 15) is 33.1 Å². The number of carbonyl (C=O) groups excluding carboxylic acids is 2. The molecule has 0 radical (unpaired) electrons. The molecule has 4 aromatic heterocycles. The molecule has 0 spiro atoms. The number of phenolic OH excluding ortho intramolecular Hbond substituents is 1. The maximum absolute atomic E-state index is 14.7. The lowest BCUT2D eigenvalue weighted by atomic mass is 10.2. The fourth-order valence-corrected chi connectivity index (χ4v) is 7.66. The first kappa shape index (κ1) is 41.7. The number of para-hydroxylation sites is 2. The van der Waals surface area contributed by atoms with Gasteiger partial charge in [-0.2, -0.15) is 0 Å². The molecule has 61 heavy (non-hydrogen) atoms. The van der Waals surface area contributed by atoms with Gasteiger partial charge in [0.2, 0.25) is 11.8 Å². The number of pyridine rings is 2. The highest BCUT2D eigenvalue weighted by molar-refractivity contribution is 5.91. The van der Waals surface area contributed by atoms with Gasteiger partial charge in [0.15, 0.2) is 11.6 Å². The molecule has 2 aliphatic rings. The predicted octanol–water partition coefficient (Wildman–Crippen LogP) is 3.84. The molecule has 2 aliphatic heterocycles. The molecule has 6 heterocycles. The van der Waals surface area contributed by atoms with Crippen LogP contribution < -0.4 is 25.7 Å². The van der Waals surface area contributed by atoms with Crippen molar-refractivity contribution in [3.05, 3.63) is 130 Å². The summed E-state index contributed by atoms with van der Waals surface area (Å²) in [6.07, 6.45) is 5.22. The van der Waals surface area contributed by atoms with Crippen LogP contribution in [-0.2, 0) is 9.59 Å². The molecule has 1 N–H and O–H groups in total. The van der Waals surface area contributed by atoms with Crippen molar-refractivity contribution in [3.8, 4) is 22.9 Å². The van der Waals surface area contributed by atoms with Crippen molar-refractivity contribution in [3.63, 3.8) is 0 Å². The molecule has 2 fully saturated rings. The van der Waals surface area contributed by atoms with Crippen LogP contribution in [0.15, 0.2) is 96.1 Å². The molecular weight excluding hydrogens is 791 g/mol. The first-order chi connectivity index (χ1) is 29.4. The summed E-state index contributed by atoms with van der Waals surface area (Å²) in [5.41, 5.74) is 0.104. The van der Waals surface area contributed by atoms with E-state index in [4.69, 9.17) is 4.74 Å². The second kappa shape index (κ2) is 17.4. The first-order valence-electron chi connectivity index (χ1n) is 19.3. The van der Waals surface area contributed by atoms with E-state index in [1.165, 1.54) is 66.8 Å². The SMILES string of the molecule is C=CC(=O)N1CCN(c2ncnc3c(=O)n(-c4c(F)cccc4OC)c(C)cc23)CC1.C=CC(=O)N1CCN(c2ncnc3c(=O)n(-c4c(O)cccc4F)c(C)cc23)CC1. The van der Waals surface area contributed by atoms with Gasteiger partial charge < -0.3 is 29.4 Å². The summed E-state index contributed by atoms with van der Waals surface area (Å²) in [7, 11) is 1.43. The average Bonchev–Trinajstić information content (AvgIpc) is 3.27. The van der Waals surface area contributed by atoms with Gasteiger partial charge in [0.05, 0.1) is 17.9 Å². The third kappa shape index (κ3) is 7.86. The monoisotopic (exact) mass is 832 g/mol. The van der Waals surface area contributed by atoms with Gasteiger partial charge in [-0.25, -0.2) is 28.7 Å². The van der Waals surface area contributed by atoms with Crippen LogP contribution >= 0.6 is 0 Å². The lowest BCUT2D eigenvalue weighted by Gasteiger charge is -2.35. The number of fused-ring (bicyclic) bond motifs is 2. The zero-order valence-corrected chi connectivity index (χ0v) is 33.7. The van der Waals surface area contributed by atoms with E-state index in [0.717, 1.165) is 4.57 Å². The molecule has 2 aromatic carbocycles. The van der Waals surface area contributed by atoms with Crippen molar-refractivity contribution < 1.29 is 28.2 Å². The van der Waals surface area contributed by atoms with Crippen LogP contribution in [0.4, 0.5) is 20.4 Å². The van der Waals surface area contributed by atoms with Gasteiger partial charge >= 0.3 is 0 Å². The van der Waals surface area contributed by atoms with E-state index < -0.39 is 22.8 Å². The van der Waals surface area contributed by atoms with Crippen LogP contribution in [0.25, 0.3) is 33.2 Å². The van der Waals surface area contributed by atoms with Crippen LogP contribution in [0.3, 0.4) is 0 Å². The van der Waals surface area contributed by atoms with Crippen molar-refractivity contribution in [2.75, 3.05) is 69.3 Å². The lowest BCUT2D eigenvalue weighted by molar-refractivity contribution is -0.127. The number of rotatable bonds is 7. The highest BCUT2D eigenvalue weighted by Crippen LogP contribution is 2.30. The Labute approximate surface area is 347 Å². The van der Waals surface area contributed by atoms with E-state index in [1.807, 2.05) is 9.80 Å². The van der Waals surface area contributed by atoms with E-state index in [1.54, 1.807) is 41.8 Å². The predicted molar refractivity (Wildman–Crippen MR) is 226 cm³/mol. The summed E-state index contributed by atoms with van der Waals surface area (Å²) >= 11 is 0. The van der Waals surface area contributed by atoms with Crippen LogP contribution in [-0.4, -0.2) is 115 Å². The highest BCUT2D eigenvalue weighted by atomic mass is 19.1. The molecule has 0 unspecified atom stereocenters. The number of piperazine rings is 2. The number of benzene rings is 2. The minimum absolute atomic E-state index is 0.0473. The van der Waals surface area contributed by atoms with Crippen LogP contribution in [0, 0.1) is 25.5 Å². The fraction of sp³-hybridized carbons (Fsp3) is 0.256. The van der Waals surface area contributed by atoms with Crippen LogP contribution in [0.2, 0.25) is 0 Å². The molecule has 8 rings (SSSR count). The van der Waals surface area contributed by atoms with Crippen molar-refractivity contribution >= 4 is 45.3 Å². The Morgan fingerprint density at radius 1 is 0.672 bits per heavy atom. The summed E-state index contributed by atoms with van der Waals surface area (Å²) in [6.45, 7) is 14.7. The molecule has 16 nitrogen and oxygen atoms in total. The zero-order valence-electron chi connectivity index (χ0n) is 33.7. The number of hydrogen-bond donors (Lipinski definition) is 1. The molecule has 0 aliphatic carbocycles. The number of aromatic nitrogens is 6. The largest absolute Gasteiger partial charge is 0.506 e. The summed E-state index contributed by atoms with van der Waals surface area (Å²) < 4.78 is 36.7. The lowest BCUT2D eigenvalue weighted by Crippen LogP contribution is -2.48. The van der Waals surface area contributed by atoms with Crippen molar-refractivity contribution in [1.29, 1.82) is 0 Å².